The largest absolute Gasteiger partial charge is 0.393 e. The van der Waals surface area contributed by atoms with Gasteiger partial charge in [0.25, 0.3) is 0 Å². The first-order valence-corrected chi connectivity index (χ1v) is 13.9. The molecule has 0 spiro atoms. The number of carbonyl (C=O) groups excluding carboxylic acids is 1. The first-order chi connectivity index (χ1) is 14.7. The number of hydrogen-bond donors (Lipinski definition) is 1. The van der Waals surface area contributed by atoms with Gasteiger partial charge in [-0.15, -0.1) is 0 Å². The SMILES string of the molecule is C[C@@H]1[C@@H]2[C@@H]3C(=O)C[C@H]4[C@]5(C)CC[C@H](O)C(C)(C)[C@H]5CC[C@]4(C)[C@@]3(C)CC[C@@]2(C)CC[C@H]1C. The van der Waals surface area contributed by atoms with Crippen molar-refractivity contribution < 1.29 is 9.90 Å². The number of aliphatic hydroxyl groups is 1. The Bertz CT molecular complexity index is 801. The molecule has 2 nitrogen and oxygen atoms in total. The van der Waals surface area contributed by atoms with Crippen LogP contribution in [0.1, 0.15) is 113 Å². The first kappa shape index (κ1) is 23.4. The molecule has 0 bridgehead atoms. The second-order valence-corrected chi connectivity index (χ2v) is 15.1. The fraction of sp³-hybridized carbons (Fsp3) is 0.967. The van der Waals surface area contributed by atoms with E-state index in [0.29, 0.717) is 34.9 Å². The maximum Gasteiger partial charge on any atom is 0.137 e. The molecule has 5 aliphatic carbocycles. The Kier molecular flexibility index (Phi) is 5.01. The highest BCUT2D eigenvalue weighted by Gasteiger charge is 2.71. The van der Waals surface area contributed by atoms with Crippen molar-refractivity contribution in [3.05, 3.63) is 0 Å². The highest BCUT2D eigenvalue weighted by atomic mass is 16.3. The van der Waals surface area contributed by atoms with Gasteiger partial charge in [0.1, 0.15) is 5.78 Å². The molecular formula is C30H50O2. The summed E-state index contributed by atoms with van der Waals surface area (Å²) in [6.07, 6.45) is 10.2. The molecule has 5 rings (SSSR count). The molecule has 0 aliphatic heterocycles. The van der Waals surface area contributed by atoms with Crippen molar-refractivity contribution in [2.75, 3.05) is 0 Å². The first-order valence-electron chi connectivity index (χ1n) is 13.9. The molecule has 0 aromatic rings. The van der Waals surface area contributed by atoms with E-state index in [1.165, 1.54) is 38.5 Å². The number of aliphatic hydroxyl groups excluding tert-OH is 1. The van der Waals surface area contributed by atoms with Crippen molar-refractivity contribution in [3.63, 3.8) is 0 Å². The molecule has 32 heavy (non-hydrogen) atoms. The lowest BCUT2D eigenvalue weighted by molar-refractivity contribution is -0.246. The summed E-state index contributed by atoms with van der Waals surface area (Å²) in [7, 11) is 0. The average molecular weight is 443 g/mol. The molecule has 2 heteroatoms. The number of rotatable bonds is 0. The normalized spacial score (nSPS) is 59.4. The third-order valence-corrected chi connectivity index (χ3v) is 13.8. The molecule has 0 aromatic heterocycles. The predicted molar refractivity (Wildman–Crippen MR) is 131 cm³/mol. The lowest BCUT2D eigenvalue weighted by Crippen LogP contribution is -2.69. The molecule has 182 valence electrons. The quantitative estimate of drug-likeness (QED) is 0.428. The third kappa shape index (κ3) is 2.66. The summed E-state index contributed by atoms with van der Waals surface area (Å²) in [5, 5.41) is 10.9. The predicted octanol–water partition coefficient (Wildman–Crippen LogP) is 7.28. The van der Waals surface area contributed by atoms with Gasteiger partial charge in [-0.05, 0) is 108 Å². The minimum absolute atomic E-state index is 0.0480. The Morgan fingerprint density at radius 2 is 1.47 bits per heavy atom. The number of hydrogen-bond acceptors (Lipinski definition) is 2. The number of Topliss-reactive ketones (excluding diaryl/α,β-unsaturated/α-hetero) is 1. The van der Waals surface area contributed by atoms with E-state index in [1.807, 2.05) is 0 Å². The van der Waals surface area contributed by atoms with E-state index in [9.17, 15) is 9.90 Å². The fourth-order valence-electron chi connectivity index (χ4n) is 11.3. The van der Waals surface area contributed by atoms with Crippen molar-refractivity contribution in [3.8, 4) is 0 Å². The molecule has 1 N–H and O–H groups in total. The summed E-state index contributed by atoms with van der Waals surface area (Å²) < 4.78 is 0. The van der Waals surface area contributed by atoms with Crippen molar-refractivity contribution in [1.29, 1.82) is 0 Å². The zero-order chi connectivity index (χ0) is 23.5. The van der Waals surface area contributed by atoms with Crippen LogP contribution in [0.2, 0.25) is 0 Å². The maximum atomic E-state index is 14.3. The summed E-state index contributed by atoms with van der Waals surface area (Å²) >= 11 is 0. The van der Waals surface area contributed by atoms with Gasteiger partial charge in [-0.2, -0.15) is 0 Å². The van der Waals surface area contributed by atoms with E-state index in [1.54, 1.807) is 0 Å². The topological polar surface area (TPSA) is 37.3 Å². The maximum absolute atomic E-state index is 14.3. The Morgan fingerprint density at radius 3 is 2.16 bits per heavy atom. The van der Waals surface area contributed by atoms with Gasteiger partial charge >= 0.3 is 0 Å². The van der Waals surface area contributed by atoms with E-state index in [0.717, 1.165) is 25.2 Å². The van der Waals surface area contributed by atoms with E-state index in [4.69, 9.17) is 0 Å². The van der Waals surface area contributed by atoms with Gasteiger partial charge < -0.3 is 5.11 Å². The smallest absolute Gasteiger partial charge is 0.137 e. The summed E-state index contributed by atoms with van der Waals surface area (Å²) in [6, 6.07) is 0. The number of ketones is 1. The molecule has 5 saturated carbocycles. The molecule has 0 heterocycles. The third-order valence-electron chi connectivity index (χ3n) is 13.8. The van der Waals surface area contributed by atoms with Crippen LogP contribution >= 0.6 is 0 Å². The Morgan fingerprint density at radius 1 is 0.781 bits per heavy atom. The van der Waals surface area contributed by atoms with Crippen LogP contribution in [0.3, 0.4) is 0 Å². The van der Waals surface area contributed by atoms with Crippen molar-refractivity contribution in [2.24, 2.45) is 62.6 Å². The van der Waals surface area contributed by atoms with Crippen molar-refractivity contribution in [2.45, 2.75) is 119 Å². The molecule has 0 saturated heterocycles. The number of carbonyl (C=O) groups is 1. The van der Waals surface area contributed by atoms with Gasteiger partial charge in [-0.3, -0.25) is 4.79 Å². The van der Waals surface area contributed by atoms with E-state index in [-0.39, 0.29) is 33.7 Å². The molecule has 5 fully saturated rings. The zero-order valence-corrected chi connectivity index (χ0v) is 22.3. The lowest BCUT2D eigenvalue weighted by atomic mass is 9.31. The highest BCUT2D eigenvalue weighted by Crippen LogP contribution is 2.76. The molecule has 5 aliphatic rings. The summed E-state index contributed by atoms with van der Waals surface area (Å²) in [5.41, 5.74) is 0.833. The molecule has 0 radical (unpaired) electrons. The van der Waals surface area contributed by atoms with E-state index >= 15 is 0 Å². The van der Waals surface area contributed by atoms with Crippen LogP contribution < -0.4 is 0 Å². The standard InChI is InChI=1S/C30H50O2/c1-18-9-12-27(5)15-16-30(8)25(24(27)19(18)2)20(31)17-22-28(6)13-11-23(32)26(3,4)21(28)10-14-29(22,30)7/h18-19,21-25,32H,9-17H2,1-8H3/t18-,19+,21-,22+,23+,24-,25+,27-,28-,29+,30+/m1/s1. The van der Waals surface area contributed by atoms with Crippen molar-refractivity contribution in [1.82, 2.24) is 0 Å². The van der Waals surface area contributed by atoms with Crippen LogP contribution in [-0.4, -0.2) is 17.0 Å². The lowest BCUT2D eigenvalue weighted by Gasteiger charge is -2.73. The molecular weight excluding hydrogens is 392 g/mol. The van der Waals surface area contributed by atoms with Crippen LogP contribution in [-0.2, 0) is 4.79 Å². The van der Waals surface area contributed by atoms with Gasteiger partial charge in [-0.25, -0.2) is 0 Å². The van der Waals surface area contributed by atoms with Crippen LogP contribution in [0.4, 0.5) is 0 Å². The van der Waals surface area contributed by atoms with Crippen LogP contribution in [0.5, 0.6) is 0 Å². The van der Waals surface area contributed by atoms with Crippen molar-refractivity contribution >= 4 is 5.78 Å². The molecule has 0 unspecified atom stereocenters. The second-order valence-electron chi connectivity index (χ2n) is 15.1. The Hall–Kier alpha value is -0.370. The minimum Gasteiger partial charge on any atom is -0.393 e. The molecule has 11 atom stereocenters. The zero-order valence-electron chi connectivity index (χ0n) is 22.3. The van der Waals surface area contributed by atoms with Crippen LogP contribution in [0, 0.1) is 62.6 Å². The van der Waals surface area contributed by atoms with Gasteiger partial charge in [-0.1, -0.05) is 55.4 Å². The van der Waals surface area contributed by atoms with Crippen LogP contribution in [0.25, 0.3) is 0 Å². The monoisotopic (exact) mass is 442 g/mol. The number of fused-ring (bicyclic) bond motifs is 7. The minimum atomic E-state index is -0.201. The Labute approximate surface area is 197 Å². The summed E-state index contributed by atoms with van der Waals surface area (Å²) in [6.45, 7) is 19.7. The molecule has 0 amide bonds. The average Bonchev–Trinajstić information content (AvgIpc) is 2.71. The second kappa shape index (κ2) is 6.86. The van der Waals surface area contributed by atoms with Gasteiger partial charge in [0.2, 0.25) is 0 Å². The van der Waals surface area contributed by atoms with Gasteiger partial charge in [0, 0.05) is 12.3 Å². The highest BCUT2D eigenvalue weighted by molar-refractivity contribution is 5.84. The van der Waals surface area contributed by atoms with Gasteiger partial charge in [0.05, 0.1) is 6.10 Å². The van der Waals surface area contributed by atoms with E-state index < -0.39 is 0 Å². The fourth-order valence-corrected chi connectivity index (χ4v) is 11.3. The molecule has 0 aromatic carbocycles. The summed E-state index contributed by atoms with van der Waals surface area (Å²) in [5.74, 6) is 3.80. The van der Waals surface area contributed by atoms with Crippen LogP contribution in [0.15, 0.2) is 0 Å². The van der Waals surface area contributed by atoms with E-state index in [2.05, 4.69) is 55.4 Å². The van der Waals surface area contributed by atoms with Gasteiger partial charge in [0.15, 0.2) is 0 Å². The Balaban J connectivity index is 1.59. The summed E-state index contributed by atoms with van der Waals surface area (Å²) in [4.78, 5) is 14.3.